The molecule has 116 valence electrons. The van der Waals surface area contributed by atoms with Crippen LogP contribution in [0.3, 0.4) is 0 Å². The predicted octanol–water partition coefficient (Wildman–Crippen LogP) is 3.47. The monoisotopic (exact) mass is 297 g/mol. The van der Waals surface area contributed by atoms with Crippen LogP contribution in [0.15, 0.2) is 24.4 Å². The van der Waals surface area contributed by atoms with Crippen molar-refractivity contribution in [3.8, 4) is 0 Å². The quantitative estimate of drug-likeness (QED) is 0.940. The summed E-state index contributed by atoms with van der Waals surface area (Å²) in [4.78, 5) is 6.91. The van der Waals surface area contributed by atoms with Gasteiger partial charge in [-0.25, -0.2) is 0 Å². The highest BCUT2D eigenvalue weighted by atomic mass is 15.3. The van der Waals surface area contributed by atoms with E-state index in [9.17, 15) is 0 Å². The fourth-order valence-electron chi connectivity index (χ4n) is 2.91. The van der Waals surface area contributed by atoms with Gasteiger partial charge in [0.15, 0.2) is 5.82 Å². The molecule has 1 saturated heterocycles. The SMILES string of the molecule is Cc1cc(C)cc(Nc2nncc(N3CCC(C)CC3)n2)c1. The van der Waals surface area contributed by atoms with Gasteiger partial charge in [-0.05, 0) is 55.9 Å². The smallest absolute Gasteiger partial charge is 0.249 e. The first-order chi connectivity index (χ1) is 10.6. The van der Waals surface area contributed by atoms with Gasteiger partial charge in [0.1, 0.15) is 0 Å². The molecule has 0 unspecified atom stereocenters. The molecule has 5 heteroatoms. The van der Waals surface area contributed by atoms with E-state index in [1.165, 1.54) is 24.0 Å². The second-order valence-electron chi connectivity index (χ2n) is 6.31. The maximum Gasteiger partial charge on any atom is 0.249 e. The molecule has 1 aromatic heterocycles. The van der Waals surface area contributed by atoms with Gasteiger partial charge < -0.3 is 10.2 Å². The first-order valence-corrected chi connectivity index (χ1v) is 7.90. The van der Waals surface area contributed by atoms with Crippen LogP contribution >= 0.6 is 0 Å². The summed E-state index contributed by atoms with van der Waals surface area (Å²) in [5, 5.41) is 11.5. The van der Waals surface area contributed by atoms with E-state index in [0.29, 0.717) is 5.95 Å². The van der Waals surface area contributed by atoms with Gasteiger partial charge in [0, 0.05) is 18.8 Å². The van der Waals surface area contributed by atoms with Gasteiger partial charge in [0.05, 0.1) is 6.20 Å². The lowest BCUT2D eigenvalue weighted by molar-refractivity contribution is 0.436. The summed E-state index contributed by atoms with van der Waals surface area (Å²) in [5.41, 5.74) is 3.44. The van der Waals surface area contributed by atoms with Crippen molar-refractivity contribution in [3.63, 3.8) is 0 Å². The molecule has 0 aliphatic carbocycles. The molecule has 22 heavy (non-hydrogen) atoms. The predicted molar refractivity (Wildman–Crippen MR) is 89.6 cm³/mol. The topological polar surface area (TPSA) is 53.9 Å². The Morgan fingerprint density at radius 2 is 1.77 bits per heavy atom. The molecule has 0 atom stereocenters. The minimum atomic E-state index is 0.557. The molecular weight excluding hydrogens is 274 g/mol. The molecule has 0 bridgehead atoms. The third-order valence-electron chi connectivity index (χ3n) is 4.13. The van der Waals surface area contributed by atoms with Crippen LogP contribution in [0.25, 0.3) is 0 Å². The van der Waals surface area contributed by atoms with Gasteiger partial charge in [-0.2, -0.15) is 10.1 Å². The van der Waals surface area contributed by atoms with E-state index in [1.54, 1.807) is 6.20 Å². The molecule has 2 aromatic rings. The zero-order valence-electron chi connectivity index (χ0n) is 13.5. The molecule has 1 N–H and O–H groups in total. The zero-order chi connectivity index (χ0) is 15.5. The lowest BCUT2D eigenvalue weighted by Crippen LogP contribution is -2.33. The van der Waals surface area contributed by atoms with Crippen molar-refractivity contribution in [3.05, 3.63) is 35.5 Å². The van der Waals surface area contributed by atoms with Crippen molar-refractivity contribution in [2.24, 2.45) is 5.92 Å². The lowest BCUT2D eigenvalue weighted by Gasteiger charge is -2.30. The van der Waals surface area contributed by atoms with Crippen molar-refractivity contribution in [2.45, 2.75) is 33.6 Å². The van der Waals surface area contributed by atoms with Crippen molar-refractivity contribution < 1.29 is 0 Å². The number of anilines is 3. The van der Waals surface area contributed by atoms with Crippen molar-refractivity contribution in [1.29, 1.82) is 0 Å². The van der Waals surface area contributed by atoms with Crippen molar-refractivity contribution in [1.82, 2.24) is 15.2 Å². The summed E-state index contributed by atoms with van der Waals surface area (Å²) >= 11 is 0. The number of hydrogen-bond donors (Lipinski definition) is 1. The summed E-state index contributed by atoms with van der Waals surface area (Å²) < 4.78 is 0. The molecule has 3 rings (SSSR count). The number of rotatable bonds is 3. The van der Waals surface area contributed by atoms with E-state index >= 15 is 0 Å². The van der Waals surface area contributed by atoms with Crippen LogP contribution in [0.1, 0.15) is 30.9 Å². The number of hydrogen-bond acceptors (Lipinski definition) is 5. The fraction of sp³-hybridized carbons (Fsp3) is 0.471. The second kappa shape index (κ2) is 6.30. The minimum absolute atomic E-state index is 0.557. The molecule has 0 spiro atoms. The van der Waals surface area contributed by atoms with Gasteiger partial charge in [-0.15, -0.1) is 5.10 Å². The van der Waals surface area contributed by atoms with E-state index in [4.69, 9.17) is 0 Å². The first kappa shape index (κ1) is 14.8. The maximum absolute atomic E-state index is 4.62. The Hall–Kier alpha value is -2.17. The van der Waals surface area contributed by atoms with Gasteiger partial charge in [-0.3, -0.25) is 0 Å². The minimum Gasteiger partial charge on any atom is -0.355 e. The van der Waals surface area contributed by atoms with Crippen LogP contribution < -0.4 is 10.2 Å². The highest BCUT2D eigenvalue weighted by Gasteiger charge is 2.17. The Morgan fingerprint density at radius 3 is 2.45 bits per heavy atom. The molecule has 1 fully saturated rings. The van der Waals surface area contributed by atoms with Crippen LogP contribution in [0.5, 0.6) is 0 Å². The van der Waals surface area contributed by atoms with Crippen LogP contribution in [0.2, 0.25) is 0 Å². The van der Waals surface area contributed by atoms with Crippen molar-refractivity contribution in [2.75, 3.05) is 23.3 Å². The number of piperidine rings is 1. The van der Waals surface area contributed by atoms with Gasteiger partial charge in [0.25, 0.3) is 0 Å². The third kappa shape index (κ3) is 3.53. The third-order valence-corrected chi connectivity index (χ3v) is 4.13. The van der Waals surface area contributed by atoms with E-state index < -0.39 is 0 Å². The van der Waals surface area contributed by atoms with E-state index in [0.717, 1.165) is 30.5 Å². The lowest BCUT2D eigenvalue weighted by atomic mass is 9.99. The number of aromatic nitrogens is 3. The molecule has 0 saturated carbocycles. The fourth-order valence-corrected chi connectivity index (χ4v) is 2.91. The van der Waals surface area contributed by atoms with E-state index in [-0.39, 0.29) is 0 Å². The normalized spacial score (nSPS) is 15.9. The molecule has 0 radical (unpaired) electrons. The second-order valence-corrected chi connectivity index (χ2v) is 6.31. The summed E-state index contributed by atoms with van der Waals surface area (Å²) in [6.45, 7) is 8.57. The van der Waals surface area contributed by atoms with Gasteiger partial charge >= 0.3 is 0 Å². The molecule has 1 aromatic carbocycles. The highest BCUT2D eigenvalue weighted by molar-refractivity contribution is 5.56. The first-order valence-electron chi connectivity index (χ1n) is 7.90. The van der Waals surface area contributed by atoms with Crippen LogP contribution in [-0.4, -0.2) is 28.3 Å². The Kier molecular flexibility index (Phi) is 4.22. The number of nitrogens with zero attached hydrogens (tertiary/aromatic N) is 4. The van der Waals surface area contributed by atoms with E-state index in [2.05, 4.69) is 64.4 Å². The Labute approximate surface area is 131 Å². The molecule has 0 amide bonds. The van der Waals surface area contributed by atoms with Crippen molar-refractivity contribution >= 4 is 17.5 Å². The Bertz CT molecular complexity index is 627. The number of benzene rings is 1. The molecule has 2 heterocycles. The average Bonchev–Trinajstić information content (AvgIpc) is 2.47. The molecule has 1 aliphatic heterocycles. The summed E-state index contributed by atoms with van der Waals surface area (Å²) in [6, 6.07) is 6.33. The zero-order valence-corrected chi connectivity index (χ0v) is 13.5. The van der Waals surface area contributed by atoms with Crippen LogP contribution in [0, 0.1) is 19.8 Å². The maximum atomic E-state index is 4.62. The van der Waals surface area contributed by atoms with E-state index in [1.807, 2.05) is 0 Å². The largest absolute Gasteiger partial charge is 0.355 e. The molecule has 1 aliphatic rings. The van der Waals surface area contributed by atoms with Crippen LogP contribution in [-0.2, 0) is 0 Å². The average molecular weight is 297 g/mol. The number of nitrogens with one attached hydrogen (secondary N) is 1. The molecule has 5 nitrogen and oxygen atoms in total. The highest BCUT2D eigenvalue weighted by Crippen LogP contribution is 2.22. The number of aryl methyl sites for hydroxylation is 2. The summed E-state index contributed by atoms with van der Waals surface area (Å²) in [6.07, 6.45) is 4.18. The Balaban J connectivity index is 1.76. The van der Waals surface area contributed by atoms with Crippen LogP contribution in [0.4, 0.5) is 17.5 Å². The standard InChI is InChI=1S/C17H23N5/c1-12-4-6-22(7-5-12)16-11-18-21-17(20-16)19-15-9-13(2)8-14(3)10-15/h8-12H,4-7H2,1-3H3,(H,19,20,21). The summed E-state index contributed by atoms with van der Waals surface area (Å²) in [7, 11) is 0. The Morgan fingerprint density at radius 1 is 1.09 bits per heavy atom. The summed E-state index contributed by atoms with van der Waals surface area (Å²) in [5.74, 6) is 2.27. The van der Waals surface area contributed by atoms with Gasteiger partial charge in [-0.1, -0.05) is 13.0 Å². The molecular formula is C17H23N5. The van der Waals surface area contributed by atoms with Gasteiger partial charge in [0.2, 0.25) is 5.95 Å².